The van der Waals surface area contributed by atoms with E-state index in [1.807, 2.05) is 0 Å². The average Bonchev–Trinajstić information content (AvgIpc) is 2.89. The lowest BCUT2D eigenvalue weighted by atomic mass is 9.72. The maximum Gasteiger partial charge on any atom is 0.201 e. The number of ether oxygens (including phenoxy) is 3. The minimum atomic E-state index is -1.28. The zero-order valence-corrected chi connectivity index (χ0v) is 21.3. The predicted octanol–water partition coefficient (Wildman–Crippen LogP) is 8.36. The Balaban J connectivity index is 1.50. The van der Waals surface area contributed by atoms with E-state index in [2.05, 4.69) is 6.92 Å². The molecule has 4 rings (SSSR count). The lowest BCUT2D eigenvalue weighted by Gasteiger charge is -2.42. The summed E-state index contributed by atoms with van der Waals surface area (Å²) in [6.45, 7) is 4.02. The van der Waals surface area contributed by atoms with Gasteiger partial charge in [0.2, 0.25) is 5.82 Å². The van der Waals surface area contributed by atoms with Crippen LogP contribution < -0.4 is 4.74 Å². The van der Waals surface area contributed by atoms with Crippen LogP contribution in [0.2, 0.25) is 0 Å². The Morgan fingerprint density at radius 3 is 2.11 bits per heavy atom. The molecule has 3 atom stereocenters. The van der Waals surface area contributed by atoms with Crippen molar-refractivity contribution >= 4 is 0 Å². The van der Waals surface area contributed by atoms with E-state index in [1.54, 1.807) is 14.0 Å². The molecule has 1 saturated heterocycles. The molecule has 36 heavy (non-hydrogen) atoms. The van der Waals surface area contributed by atoms with Crippen molar-refractivity contribution in [2.45, 2.75) is 77.6 Å². The highest BCUT2D eigenvalue weighted by Gasteiger charge is 2.39. The van der Waals surface area contributed by atoms with E-state index in [1.165, 1.54) is 49.9 Å². The second kappa shape index (κ2) is 12.0. The van der Waals surface area contributed by atoms with Crippen molar-refractivity contribution in [1.29, 1.82) is 0 Å². The van der Waals surface area contributed by atoms with Gasteiger partial charge in [0.1, 0.15) is 0 Å². The van der Waals surface area contributed by atoms with Crippen LogP contribution >= 0.6 is 0 Å². The summed E-state index contributed by atoms with van der Waals surface area (Å²) in [6.07, 6.45) is 7.40. The van der Waals surface area contributed by atoms with E-state index in [9.17, 15) is 8.78 Å². The van der Waals surface area contributed by atoms with Crippen LogP contribution in [0.1, 0.15) is 76.9 Å². The first kappa shape index (κ1) is 26.9. The second-order valence-electron chi connectivity index (χ2n) is 10.0. The molecular weight excluding hydrogens is 472 g/mol. The van der Waals surface area contributed by atoms with Crippen molar-refractivity contribution < 1.29 is 31.8 Å². The number of hydrogen-bond donors (Lipinski definition) is 0. The van der Waals surface area contributed by atoms with Crippen molar-refractivity contribution in [2.24, 2.45) is 17.8 Å². The Morgan fingerprint density at radius 1 is 0.806 bits per heavy atom. The fourth-order valence-corrected chi connectivity index (χ4v) is 6.07. The summed E-state index contributed by atoms with van der Waals surface area (Å²) >= 11 is 0. The molecule has 2 aromatic rings. The van der Waals surface area contributed by atoms with Gasteiger partial charge in [0, 0.05) is 29.7 Å². The quantitative estimate of drug-likeness (QED) is 0.335. The molecule has 2 aliphatic rings. The molecule has 0 aromatic heterocycles. The highest BCUT2D eigenvalue weighted by atomic mass is 19.2. The van der Waals surface area contributed by atoms with Gasteiger partial charge in [-0.05, 0) is 56.6 Å². The van der Waals surface area contributed by atoms with E-state index >= 15 is 8.78 Å². The predicted molar refractivity (Wildman–Crippen MR) is 131 cm³/mol. The number of benzene rings is 2. The van der Waals surface area contributed by atoms with Crippen molar-refractivity contribution in [3.63, 3.8) is 0 Å². The zero-order chi connectivity index (χ0) is 25.8. The van der Waals surface area contributed by atoms with Gasteiger partial charge in [-0.15, -0.1) is 0 Å². The summed E-state index contributed by atoms with van der Waals surface area (Å²) in [7, 11) is 1.59. The van der Waals surface area contributed by atoms with Crippen LogP contribution in [0.3, 0.4) is 0 Å². The third-order valence-corrected chi connectivity index (χ3v) is 7.93. The summed E-state index contributed by atoms with van der Waals surface area (Å²) in [5, 5.41) is 0. The molecule has 198 valence electrons. The molecule has 7 heteroatoms. The van der Waals surface area contributed by atoms with Crippen molar-refractivity contribution in [3.8, 4) is 16.9 Å². The second-order valence-corrected chi connectivity index (χ2v) is 10.0. The van der Waals surface area contributed by atoms with E-state index in [0.717, 1.165) is 25.2 Å². The van der Waals surface area contributed by atoms with Crippen LogP contribution in [-0.2, 0) is 9.47 Å². The first-order valence-corrected chi connectivity index (χ1v) is 13.2. The normalized spacial score (nSPS) is 26.7. The Bertz CT molecular complexity index is 1040. The Kier molecular flexibility index (Phi) is 8.94. The van der Waals surface area contributed by atoms with Gasteiger partial charge in [0.25, 0.3) is 0 Å². The standard InChI is InChI=1S/C29H36F4O3/c1-4-6-17-7-9-18(10-8-17)19-13-15-23(36-29(19)34-3)22-12-11-20(25(30)27(22)32)21-14-16-24(35-5-2)28(33)26(21)31/h11-12,14,16-19,23,29H,4-10,13,15H2,1-3H3. The van der Waals surface area contributed by atoms with Crippen molar-refractivity contribution in [3.05, 3.63) is 53.1 Å². The molecule has 3 unspecified atom stereocenters. The monoisotopic (exact) mass is 508 g/mol. The van der Waals surface area contributed by atoms with Gasteiger partial charge in [-0.25, -0.2) is 13.2 Å². The van der Waals surface area contributed by atoms with E-state index in [0.29, 0.717) is 12.3 Å². The first-order chi connectivity index (χ1) is 17.4. The van der Waals surface area contributed by atoms with Crippen LogP contribution in [-0.4, -0.2) is 20.0 Å². The molecule has 0 amide bonds. The number of hydrogen-bond acceptors (Lipinski definition) is 3. The molecule has 3 nitrogen and oxygen atoms in total. The van der Waals surface area contributed by atoms with Gasteiger partial charge >= 0.3 is 0 Å². The van der Waals surface area contributed by atoms with Gasteiger partial charge in [-0.3, -0.25) is 0 Å². The van der Waals surface area contributed by atoms with E-state index in [-0.39, 0.29) is 35.0 Å². The van der Waals surface area contributed by atoms with Crippen LogP contribution in [0, 0.1) is 41.0 Å². The van der Waals surface area contributed by atoms with Crippen LogP contribution in [0.15, 0.2) is 24.3 Å². The Labute approximate surface area is 211 Å². The van der Waals surface area contributed by atoms with Gasteiger partial charge in [0.05, 0.1) is 12.7 Å². The fourth-order valence-electron chi connectivity index (χ4n) is 6.07. The zero-order valence-electron chi connectivity index (χ0n) is 21.3. The molecule has 1 heterocycles. The van der Waals surface area contributed by atoms with E-state index in [4.69, 9.17) is 14.2 Å². The molecule has 1 aliphatic carbocycles. The highest BCUT2D eigenvalue weighted by molar-refractivity contribution is 5.66. The SMILES string of the molecule is CCCC1CCC(C2CCC(c3ccc(-c4ccc(OCC)c(F)c4F)c(F)c3F)OC2OC)CC1. The smallest absolute Gasteiger partial charge is 0.201 e. The minimum absolute atomic E-state index is 0.0650. The summed E-state index contributed by atoms with van der Waals surface area (Å²) in [5.74, 6) is -3.60. The van der Waals surface area contributed by atoms with Crippen LogP contribution in [0.25, 0.3) is 11.1 Å². The molecule has 1 saturated carbocycles. The van der Waals surface area contributed by atoms with Crippen LogP contribution in [0.5, 0.6) is 5.75 Å². The molecule has 0 radical (unpaired) electrons. The molecule has 2 aromatic carbocycles. The Morgan fingerprint density at radius 2 is 1.47 bits per heavy atom. The van der Waals surface area contributed by atoms with Crippen molar-refractivity contribution in [2.75, 3.05) is 13.7 Å². The van der Waals surface area contributed by atoms with Gasteiger partial charge in [-0.2, -0.15) is 4.39 Å². The number of rotatable bonds is 8. The molecule has 0 spiro atoms. The van der Waals surface area contributed by atoms with Gasteiger partial charge in [-0.1, -0.05) is 44.7 Å². The first-order valence-electron chi connectivity index (χ1n) is 13.2. The van der Waals surface area contributed by atoms with Gasteiger partial charge in [0.15, 0.2) is 29.5 Å². The van der Waals surface area contributed by atoms with E-state index < -0.39 is 35.7 Å². The van der Waals surface area contributed by atoms with Gasteiger partial charge < -0.3 is 14.2 Å². The minimum Gasteiger partial charge on any atom is -0.491 e. The average molecular weight is 509 g/mol. The topological polar surface area (TPSA) is 27.7 Å². The molecule has 2 fully saturated rings. The lowest BCUT2D eigenvalue weighted by Crippen LogP contribution is -2.38. The maximum atomic E-state index is 15.2. The largest absolute Gasteiger partial charge is 0.491 e. The van der Waals surface area contributed by atoms with Crippen LogP contribution in [0.4, 0.5) is 17.6 Å². The highest BCUT2D eigenvalue weighted by Crippen LogP contribution is 2.45. The summed E-state index contributed by atoms with van der Waals surface area (Å²) < 4.78 is 76.2. The Hall–Kier alpha value is -2.12. The fraction of sp³-hybridized carbons (Fsp3) is 0.586. The third-order valence-electron chi connectivity index (χ3n) is 7.93. The third kappa shape index (κ3) is 5.42. The number of methoxy groups -OCH3 is 1. The number of halogens is 4. The molecular formula is C29H36F4O3. The summed E-state index contributed by atoms with van der Waals surface area (Å²) in [5.41, 5.74) is -0.649. The lowest BCUT2D eigenvalue weighted by molar-refractivity contribution is -0.224. The summed E-state index contributed by atoms with van der Waals surface area (Å²) in [4.78, 5) is 0. The molecule has 0 N–H and O–H groups in total. The van der Waals surface area contributed by atoms with Crippen molar-refractivity contribution in [1.82, 2.24) is 0 Å². The maximum absolute atomic E-state index is 15.2. The summed E-state index contributed by atoms with van der Waals surface area (Å²) in [6, 6.07) is 5.08. The molecule has 1 aliphatic heterocycles. The molecule has 0 bridgehead atoms.